The minimum atomic E-state index is -1.45. The summed E-state index contributed by atoms with van der Waals surface area (Å²) in [4.78, 5) is 35.9. The Morgan fingerprint density at radius 3 is 2.68 bits per heavy atom. The van der Waals surface area contributed by atoms with E-state index < -0.39 is 17.0 Å². The predicted octanol–water partition coefficient (Wildman–Crippen LogP) is 3.30. The lowest BCUT2D eigenvalue weighted by atomic mass is 9.50. The zero-order chi connectivity index (χ0) is 20.3. The summed E-state index contributed by atoms with van der Waals surface area (Å²) >= 11 is 0. The van der Waals surface area contributed by atoms with Gasteiger partial charge >= 0.3 is 5.97 Å². The maximum absolute atomic E-state index is 12.8. The van der Waals surface area contributed by atoms with Gasteiger partial charge in [0.05, 0.1) is 0 Å². The molecule has 5 atom stereocenters. The van der Waals surface area contributed by atoms with E-state index in [2.05, 4.69) is 13.0 Å². The van der Waals surface area contributed by atoms with E-state index in [1.807, 2.05) is 13.0 Å². The summed E-state index contributed by atoms with van der Waals surface area (Å²) in [5, 5.41) is 11.4. The second kappa shape index (κ2) is 6.38. The number of rotatable bonds is 3. The van der Waals surface area contributed by atoms with Crippen molar-refractivity contribution in [1.82, 2.24) is 0 Å². The Hall–Kier alpha value is -1.75. The molecule has 28 heavy (non-hydrogen) atoms. The van der Waals surface area contributed by atoms with Gasteiger partial charge in [0.25, 0.3) is 0 Å². The molecule has 4 aliphatic rings. The van der Waals surface area contributed by atoms with Gasteiger partial charge in [-0.15, -0.1) is 0 Å². The number of ketones is 2. The highest BCUT2D eigenvalue weighted by atomic mass is 16.5. The normalized spacial score (nSPS) is 41.9. The molecule has 0 aromatic rings. The van der Waals surface area contributed by atoms with Gasteiger partial charge in [-0.2, -0.15) is 0 Å². The zero-order valence-electron chi connectivity index (χ0n) is 17.0. The Labute approximate surface area is 166 Å². The van der Waals surface area contributed by atoms with Crippen molar-refractivity contribution >= 4 is 17.5 Å². The predicted molar refractivity (Wildman–Crippen MR) is 103 cm³/mol. The number of Topliss-reactive ketones (excluding diaryl/α,β-unsaturated/α-hetero) is 1. The number of carbonyl (C=O) groups is 3. The molecule has 2 saturated carbocycles. The number of carbonyl (C=O) groups excluding carboxylic acids is 3. The van der Waals surface area contributed by atoms with E-state index in [0.717, 1.165) is 25.7 Å². The van der Waals surface area contributed by atoms with E-state index in [-0.39, 0.29) is 29.5 Å². The molecule has 0 spiro atoms. The van der Waals surface area contributed by atoms with Gasteiger partial charge in [-0.05, 0) is 56.4 Å². The van der Waals surface area contributed by atoms with Gasteiger partial charge in [-0.3, -0.25) is 14.4 Å². The van der Waals surface area contributed by atoms with E-state index >= 15 is 0 Å². The first kappa shape index (κ1) is 19.6. The van der Waals surface area contributed by atoms with Crippen LogP contribution in [-0.4, -0.2) is 34.9 Å². The van der Waals surface area contributed by atoms with Gasteiger partial charge in [-0.1, -0.05) is 31.1 Å². The van der Waals surface area contributed by atoms with Crippen molar-refractivity contribution in [3.05, 3.63) is 23.3 Å². The molecule has 5 nitrogen and oxygen atoms in total. The second-order valence-corrected chi connectivity index (χ2v) is 9.60. The molecule has 0 saturated heterocycles. The van der Waals surface area contributed by atoms with Gasteiger partial charge in [0.1, 0.15) is 5.60 Å². The van der Waals surface area contributed by atoms with Crippen LogP contribution in [0.4, 0.5) is 0 Å². The van der Waals surface area contributed by atoms with Crippen LogP contribution in [0.1, 0.15) is 65.7 Å². The second-order valence-electron chi connectivity index (χ2n) is 9.60. The van der Waals surface area contributed by atoms with Crippen molar-refractivity contribution in [3.63, 3.8) is 0 Å². The standard InChI is InChI=1S/C23H30O5/c1-14(24)28-13-20(26)23(27)11-8-19-17-5-4-15-12-16(25)6-9-21(15,2)18(17)7-10-22(19,23)3/h7,12,17,19,27H,4-6,8-11,13H2,1-3H3/t17-,19+,21+,22+,23-/m1/s1. The molecule has 2 fully saturated rings. The molecule has 0 unspecified atom stereocenters. The van der Waals surface area contributed by atoms with E-state index in [0.29, 0.717) is 25.2 Å². The summed E-state index contributed by atoms with van der Waals surface area (Å²) in [5.74, 6) is -0.0813. The van der Waals surface area contributed by atoms with E-state index in [4.69, 9.17) is 4.74 Å². The Balaban J connectivity index is 1.66. The fraction of sp³-hybridized carbons (Fsp3) is 0.696. The monoisotopic (exact) mass is 386 g/mol. The third-order valence-corrected chi connectivity index (χ3v) is 8.36. The first-order chi connectivity index (χ1) is 13.1. The average Bonchev–Trinajstić information content (AvgIpc) is 2.92. The molecule has 1 N–H and O–H groups in total. The van der Waals surface area contributed by atoms with E-state index in [1.54, 1.807) is 0 Å². The van der Waals surface area contributed by atoms with Crippen molar-refractivity contribution in [2.24, 2.45) is 22.7 Å². The van der Waals surface area contributed by atoms with Crippen LogP contribution in [0.2, 0.25) is 0 Å². The highest BCUT2D eigenvalue weighted by Gasteiger charge is 2.64. The van der Waals surface area contributed by atoms with E-state index in [9.17, 15) is 19.5 Å². The molecule has 0 heterocycles. The van der Waals surface area contributed by atoms with Crippen LogP contribution >= 0.6 is 0 Å². The first-order valence-electron chi connectivity index (χ1n) is 10.5. The summed E-state index contributed by atoms with van der Waals surface area (Å²) < 4.78 is 4.91. The summed E-state index contributed by atoms with van der Waals surface area (Å²) in [7, 11) is 0. The highest BCUT2D eigenvalue weighted by Crippen LogP contribution is 2.65. The van der Waals surface area contributed by atoms with Crippen molar-refractivity contribution in [2.45, 2.75) is 71.3 Å². The topological polar surface area (TPSA) is 80.7 Å². The summed E-state index contributed by atoms with van der Waals surface area (Å²) in [6.45, 7) is 5.21. The third-order valence-electron chi connectivity index (χ3n) is 8.36. The maximum Gasteiger partial charge on any atom is 0.303 e. The molecule has 152 valence electrons. The van der Waals surface area contributed by atoms with Crippen LogP contribution in [0.15, 0.2) is 23.3 Å². The maximum atomic E-state index is 12.8. The Bertz CT molecular complexity index is 808. The first-order valence-corrected chi connectivity index (χ1v) is 10.5. The number of fused-ring (bicyclic) bond motifs is 5. The lowest BCUT2D eigenvalue weighted by Crippen LogP contribution is -2.55. The lowest BCUT2D eigenvalue weighted by Gasteiger charge is -2.54. The molecule has 0 aromatic carbocycles. The molecule has 0 radical (unpaired) electrons. The molecular formula is C23H30O5. The van der Waals surface area contributed by atoms with Crippen LogP contribution in [0.25, 0.3) is 0 Å². The lowest BCUT2D eigenvalue weighted by molar-refractivity contribution is -0.162. The van der Waals surface area contributed by atoms with Gasteiger partial charge in [0.2, 0.25) is 5.78 Å². The molecule has 5 heteroatoms. The minimum Gasteiger partial charge on any atom is -0.458 e. The number of esters is 1. The van der Waals surface area contributed by atoms with Crippen molar-refractivity contribution < 1.29 is 24.2 Å². The summed E-state index contributed by atoms with van der Waals surface area (Å²) in [6, 6.07) is 0. The van der Waals surface area contributed by atoms with Crippen LogP contribution < -0.4 is 0 Å². The van der Waals surface area contributed by atoms with Crippen LogP contribution in [-0.2, 0) is 19.1 Å². The molecule has 0 aliphatic heterocycles. The molecule has 0 bridgehead atoms. The van der Waals surface area contributed by atoms with Crippen LogP contribution in [0, 0.1) is 22.7 Å². The molecular weight excluding hydrogens is 356 g/mol. The van der Waals surface area contributed by atoms with Crippen LogP contribution in [0.3, 0.4) is 0 Å². The molecule has 0 amide bonds. The Kier molecular flexibility index (Phi) is 4.46. The van der Waals surface area contributed by atoms with E-state index in [1.165, 1.54) is 18.1 Å². The highest BCUT2D eigenvalue weighted by molar-refractivity contribution is 5.92. The van der Waals surface area contributed by atoms with Crippen molar-refractivity contribution in [1.29, 1.82) is 0 Å². The van der Waals surface area contributed by atoms with Crippen LogP contribution in [0.5, 0.6) is 0 Å². The minimum absolute atomic E-state index is 0.0549. The number of allylic oxidation sites excluding steroid dienone is 4. The van der Waals surface area contributed by atoms with Crippen molar-refractivity contribution in [3.8, 4) is 0 Å². The molecule has 0 aromatic heterocycles. The summed E-state index contributed by atoms with van der Waals surface area (Å²) in [6.07, 6.45) is 9.31. The van der Waals surface area contributed by atoms with Gasteiger partial charge in [0.15, 0.2) is 12.4 Å². The average molecular weight is 386 g/mol. The number of hydrogen-bond donors (Lipinski definition) is 1. The largest absolute Gasteiger partial charge is 0.458 e. The summed E-state index contributed by atoms with van der Waals surface area (Å²) in [5.41, 5.74) is 0.626. The smallest absolute Gasteiger partial charge is 0.303 e. The molecule has 4 aliphatic carbocycles. The fourth-order valence-corrected chi connectivity index (χ4v) is 6.61. The van der Waals surface area contributed by atoms with Crippen molar-refractivity contribution in [2.75, 3.05) is 6.61 Å². The quantitative estimate of drug-likeness (QED) is 0.595. The number of ether oxygens (including phenoxy) is 1. The van der Waals surface area contributed by atoms with Gasteiger partial charge < -0.3 is 9.84 Å². The SMILES string of the molecule is CC(=O)OCC(=O)[C@]1(O)CC[C@H]2[C@@H]3CCC4=CC(=O)CC[C@]4(C)C3=CC[C@@]21C. The van der Waals surface area contributed by atoms with Gasteiger partial charge in [-0.25, -0.2) is 0 Å². The fourth-order valence-electron chi connectivity index (χ4n) is 6.61. The Morgan fingerprint density at radius 1 is 1.21 bits per heavy atom. The zero-order valence-corrected chi connectivity index (χ0v) is 17.0. The molecule has 4 rings (SSSR count). The third kappa shape index (κ3) is 2.58. The number of hydrogen-bond acceptors (Lipinski definition) is 5. The number of aliphatic hydroxyl groups is 1. The Morgan fingerprint density at radius 2 is 1.96 bits per heavy atom. The van der Waals surface area contributed by atoms with Gasteiger partial charge in [0, 0.05) is 24.2 Å².